The van der Waals surface area contributed by atoms with Gasteiger partial charge in [-0.2, -0.15) is 5.26 Å². The lowest BCUT2D eigenvalue weighted by Crippen LogP contribution is -2.09. The van der Waals surface area contributed by atoms with Crippen molar-refractivity contribution >= 4 is 0 Å². The van der Waals surface area contributed by atoms with Gasteiger partial charge in [-0.25, -0.2) is 4.39 Å². The number of nitrogens with zero attached hydrogens (tertiary/aromatic N) is 1. The Hall–Kier alpha value is -2.54. The van der Waals surface area contributed by atoms with Crippen molar-refractivity contribution in [3.05, 3.63) is 59.4 Å². The molecule has 20 heavy (non-hydrogen) atoms. The lowest BCUT2D eigenvalue weighted by Gasteiger charge is -2.09. The topological polar surface area (TPSA) is 42.2 Å². The van der Waals surface area contributed by atoms with Gasteiger partial charge in [-0.3, -0.25) is 0 Å². The Kier molecular flexibility index (Phi) is 4.56. The Morgan fingerprint density at radius 2 is 1.75 bits per heavy atom. The molecule has 0 unspecified atom stereocenters. The molecule has 0 aromatic heterocycles. The second-order valence-electron chi connectivity index (χ2n) is 4.25. The molecule has 2 rings (SSSR count). The zero-order chi connectivity index (χ0) is 14.4. The third kappa shape index (κ3) is 3.72. The molecule has 0 radical (unpaired) electrons. The van der Waals surface area contributed by atoms with Crippen LogP contribution in [0.2, 0.25) is 0 Å². The second-order valence-corrected chi connectivity index (χ2v) is 4.25. The Bertz CT molecular complexity index is 635. The fourth-order valence-electron chi connectivity index (χ4n) is 1.64. The standard InChI is InChI=1S/C16H14FNO2/c1-12-5-6-15(10-16(12)17)20-8-7-19-14-4-2-3-13(9-14)11-18/h2-6,9-10H,7-8H2,1H3. The quantitative estimate of drug-likeness (QED) is 0.782. The molecule has 3 nitrogen and oxygen atoms in total. The van der Waals surface area contributed by atoms with Crippen molar-refractivity contribution in [3.63, 3.8) is 0 Å². The number of ether oxygens (including phenoxy) is 2. The maximum atomic E-state index is 13.3. The average molecular weight is 271 g/mol. The van der Waals surface area contributed by atoms with Crippen LogP contribution >= 0.6 is 0 Å². The van der Waals surface area contributed by atoms with E-state index in [2.05, 4.69) is 0 Å². The molecule has 0 aliphatic heterocycles. The van der Waals surface area contributed by atoms with Crippen LogP contribution < -0.4 is 9.47 Å². The summed E-state index contributed by atoms with van der Waals surface area (Å²) >= 11 is 0. The molecule has 0 saturated carbocycles. The van der Waals surface area contributed by atoms with Crippen LogP contribution in [0.3, 0.4) is 0 Å². The maximum Gasteiger partial charge on any atom is 0.129 e. The fraction of sp³-hybridized carbons (Fsp3) is 0.188. The Morgan fingerprint density at radius 3 is 2.40 bits per heavy atom. The number of hydrogen-bond donors (Lipinski definition) is 0. The van der Waals surface area contributed by atoms with E-state index in [1.165, 1.54) is 6.07 Å². The van der Waals surface area contributed by atoms with E-state index in [0.717, 1.165) is 0 Å². The number of rotatable bonds is 5. The van der Waals surface area contributed by atoms with E-state index >= 15 is 0 Å². The lowest BCUT2D eigenvalue weighted by atomic mass is 10.2. The van der Waals surface area contributed by atoms with E-state index < -0.39 is 0 Å². The van der Waals surface area contributed by atoms with E-state index in [0.29, 0.717) is 35.8 Å². The zero-order valence-corrected chi connectivity index (χ0v) is 11.1. The first-order chi connectivity index (χ1) is 9.69. The molecule has 0 aliphatic rings. The summed E-state index contributed by atoms with van der Waals surface area (Å²) in [5.41, 5.74) is 1.13. The van der Waals surface area contributed by atoms with E-state index in [1.807, 2.05) is 6.07 Å². The van der Waals surface area contributed by atoms with Crippen molar-refractivity contribution in [2.24, 2.45) is 0 Å². The summed E-state index contributed by atoms with van der Waals surface area (Å²) in [7, 11) is 0. The van der Waals surface area contributed by atoms with Gasteiger partial charge >= 0.3 is 0 Å². The van der Waals surface area contributed by atoms with Crippen molar-refractivity contribution in [2.45, 2.75) is 6.92 Å². The van der Waals surface area contributed by atoms with Crippen LogP contribution in [0.15, 0.2) is 42.5 Å². The van der Waals surface area contributed by atoms with Crippen LogP contribution in [0, 0.1) is 24.1 Å². The molecule has 102 valence electrons. The molecule has 0 bridgehead atoms. The summed E-state index contributed by atoms with van der Waals surface area (Å²) in [6.45, 7) is 2.33. The van der Waals surface area contributed by atoms with Crippen LogP contribution in [-0.4, -0.2) is 13.2 Å². The molecule has 0 heterocycles. The van der Waals surface area contributed by atoms with Gasteiger partial charge in [0, 0.05) is 6.07 Å². The van der Waals surface area contributed by atoms with Gasteiger partial charge in [0.05, 0.1) is 11.6 Å². The summed E-state index contributed by atoms with van der Waals surface area (Å²) in [5, 5.41) is 8.76. The van der Waals surface area contributed by atoms with Crippen molar-refractivity contribution in [1.29, 1.82) is 5.26 Å². The molecule has 0 spiro atoms. The van der Waals surface area contributed by atoms with E-state index in [4.69, 9.17) is 14.7 Å². The molecule has 0 N–H and O–H groups in total. The number of hydrogen-bond acceptors (Lipinski definition) is 3. The summed E-state index contributed by atoms with van der Waals surface area (Å²) in [6, 6.07) is 13.7. The number of aryl methyl sites for hydroxylation is 1. The molecule has 2 aromatic carbocycles. The largest absolute Gasteiger partial charge is 0.490 e. The predicted octanol–water partition coefficient (Wildman–Crippen LogP) is 3.46. The number of nitriles is 1. The van der Waals surface area contributed by atoms with Crippen molar-refractivity contribution < 1.29 is 13.9 Å². The fourth-order valence-corrected chi connectivity index (χ4v) is 1.64. The van der Waals surface area contributed by atoms with Gasteiger partial charge < -0.3 is 9.47 Å². The van der Waals surface area contributed by atoms with Crippen LogP contribution in [0.5, 0.6) is 11.5 Å². The van der Waals surface area contributed by atoms with Crippen LogP contribution in [-0.2, 0) is 0 Å². The summed E-state index contributed by atoms with van der Waals surface area (Å²) < 4.78 is 24.1. The first kappa shape index (κ1) is 13.9. The molecule has 2 aromatic rings. The minimum atomic E-state index is -0.287. The zero-order valence-electron chi connectivity index (χ0n) is 11.1. The van der Waals surface area contributed by atoms with Crippen molar-refractivity contribution in [3.8, 4) is 17.6 Å². The van der Waals surface area contributed by atoms with Gasteiger partial charge in [-0.1, -0.05) is 12.1 Å². The van der Waals surface area contributed by atoms with E-state index in [9.17, 15) is 4.39 Å². The van der Waals surface area contributed by atoms with Crippen LogP contribution in [0.4, 0.5) is 4.39 Å². The minimum absolute atomic E-state index is 0.287. The van der Waals surface area contributed by atoms with Gasteiger partial charge in [-0.05, 0) is 36.8 Å². The van der Waals surface area contributed by atoms with Gasteiger partial charge in [0.1, 0.15) is 30.5 Å². The van der Waals surface area contributed by atoms with Gasteiger partial charge in [-0.15, -0.1) is 0 Å². The first-order valence-electron chi connectivity index (χ1n) is 6.21. The number of benzene rings is 2. The van der Waals surface area contributed by atoms with Crippen molar-refractivity contribution in [2.75, 3.05) is 13.2 Å². The summed E-state index contributed by atoms with van der Waals surface area (Å²) in [5.74, 6) is 0.801. The van der Waals surface area contributed by atoms with Gasteiger partial charge in [0.2, 0.25) is 0 Å². The number of halogens is 1. The lowest BCUT2D eigenvalue weighted by molar-refractivity contribution is 0.216. The minimum Gasteiger partial charge on any atom is -0.490 e. The monoisotopic (exact) mass is 271 g/mol. The highest BCUT2D eigenvalue weighted by atomic mass is 19.1. The highest BCUT2D eigenvalue weighted by Crippen LogP contribution is 2.16. The normalized spacial score (nSPS) is 9.85. The highest BCUT2D eigenvalue weighted by molar-refractivity contribution is 5.36. The summed E-state index contributed by atoms with van der Waals surface area (Å²) in [6.07, 6.45) is 0. The second kappa shape index (κ2) is 6.58. The third-order valence-corrected chi connectivity index (χ3v) is 2.73. The molecule has 0 saturated heterocycles. The van der Waals surface area contributed by atoms with Crippen LogP contribution in [0.25, 0.3) is 0 Å². The summed E-state index contributed by atoms with van der Waals surface area (Å²) in [4.78, 5) is 0. The average Bonchev–Trinajstić information content (AvgIpc) is 2.47. The van der Waals surface area contributed by atoms with Gasteiger partial charge in [0.15, 0.2) is 0 Å². The molecule has 4 heteroatoms. The maximum absolute atomic E-state index is 13.3. The van der Waals surface area contributed by atoms with Crippen LogP contribution in [0.1, 0.15) is 11.1 Å². The first-order valence-corrected chi connectivity index (χ1v) is 6.21. The van der Waals surface area contributed by atoms with E-state index in [-0.39, 0.29) is 5.82 Å². The smallest absolute Gasteiger partial charge is 0.129 e. The Labute approximate surface area is 117 Å². The predicted molar refractivity (Wildman–Crippen MR) is 73.3 cm³/mol. The Balaban J connectivity index is 1.81. The molecule has 0 amide bonds. The van der Waals surface area contributed by atoms with E-state index in [1.54, 1.807) is 43.3 Å². The Morgan fingerprint density at radius 1 is 1.05 bits per heavy atom. The molecule has 0 atom stereocenters. The van der Waals surface area contributed by atoms with Gasteiger partial charge in [0.25, 0.3) is 0 Å². The molecule has 0 fully saturated rings. The molecular formula is C16H14FNO2. The van der Waals surface area contributed by atoms with Crippen molar-refractivity contribution in [1.82, 2.24) is 0 Å². The SMILES string of the molecule is Cc1ccc(OCCOc2cccc(C#N)c2)cc1F. The molecule has 0 aliphatic carbocycles. The highest BCUT2D eigenvalue weighted by Gasteiger charge is 2.01. The third-order valence-electron chi connectivity index (χ3n) is 2.73. The molecular weight excluding hydrogens is 257 g/mol.